The smallest absolute Gasteiger partial charge is 0.123 e. The van der Waals surface area contributed by atoms with E-state index >= 15 is 0 Å². The average Bonchev–Trinajstić information content (AvgIpc) is 2.85. The van der Waals surface area contributed by atoms with E-state index in [4.69, 9.17) is 0 Å². The normalized spacial score (nSPS) is 16.9. The summed E-state index contributed by atoms with van der Waals surface area (Å²) in [6.45, 7) is 3.11. The molecule has 17 heavy (non-hydrogen) atoms. The topological polar surface area (TPSA) is 12.0 Å². The number of benzene rings is 1. The molecule has 0 spiro atoms. The van der Waals surface area contributed by atoms with Crippen molar-refractivity contribution in [2.45, 2.75) is 38.6 Å². The summed E-state index contributed by atoms with van der Waals surface area (Å²) in [6.07, 6.45) is 7.01. The van der Waals surface area contributed by atoms with E-state index in [1.54, 1.807) is 12.1 Å². The second-order valence-electron chi connectivity index (χ2n) is 4.61. The lowest BCUT2D eigenvalue weighted by Crippen LogP contribution is -2.32. The van der Waals surface area contributed by atoms with Crippen LogP contribution in [0.25, 0.3) is 0 Å². The molecule has 1 N–H and O–H groups in total. The zero-order valence-corrected chi connectivity index (χ0v) is 10.4. The van der Waals surface area contributed by atoms with Crippen LogP contribution in [0.4, 0.5) is 4.39 Å². The van der Waals surface area contributed by atoms with E-state index in [-0.39, 0.29) is 5.82 Å². The molecule has 1 nitrogen and oxygen atoms in total. The fraction of sp³-hybridized carbons (Fsp3) is 0.467. The van der Waals surface area contributed by atoms with E-state index in [9.17, 15) is 4.39 Å². The summed E-state index contributed by atoms with van der Waals surface area (Å²) in [4.78, 5) is 0. The minimum Gasteiger partial charge on any atom is -0.310 e. The summed E-state index contributed by atoms with van der Waals surface area (Å²) >= 11 is 0. The Balaban J connectivity index is 2.04. The van der Waals surface area contributed by atoms with Crippen molar-refractivity contribution in [1.29, 1.82) is 0 Å². The summed E-state index contributed by atoms with van der Waals surface area (Å²) in [5.41, 5.74) is 2.72. The van der Waals surface area contributed by atoms with Crippen LogP contribution in [-0.4, -0.2) is 12.6 Å². The molecule has 1 atom stereocenters. The minimum atomic E-state index is -0.158. The number of hydrogen-bond acceptors (Lipinski definition) is 1. The molecule has 1 unspecified atom stereocenters. The largest absolute Gasteiger partial charge is 0.310 e. The molecular weight excluding hydrogens is 213 g/mol. The van der Waals surface area contributed by atoms with Crippen LogP contribution in [0, 0.1) is 5.82 Å². The second-order valence-corrected chi connectivity index (χ2v) is 4.61. The molecule has 1 aromatic carbocycles. The fourth-order valence-electron chi connectivity index (χ4n) is 2.45. The Morgan fingerprint density at radius 1 is 1.29 bits per heavy atom. The maximum absolute atomic E-state index is 12.8. The highest BCUT2D eigenvalue weighted by Crippen LogP contribution is 2.23. The van der Waals surface area contributed by atoms with Crippen LogP contribution in [0.15, 0.2) is 35.9 Å². The molecule has 0 aromatic heterocycles. The number of halogens is 1. The van der Waals surface area contributed by atoms with E-state index in [1.807, 2.05) is 12.1 Å². The number of nitrogens with one attached hydrogen (secondary N) is 1. The van der Waals surface area contributed by atoms with E-state index in [0.29, 0.717) is 6.04 Å². The minimum absolute atomic E-state index is 0.158. The van der Waals surface area contributed by atoms with Gasteiger partial charge in [0.25, 0.3) is 0 Å². The maximum atomic E-state index is 12.8. The number of likely N-dealkylation sites (N-methyl/N-ethyl adjacent to an activating group) is 1. The lowest BCUT2D eigenvalue weighted by molar-refractivity contribution is 0.572. The Kier molecular flexibility index (Phi) is 4.32. The Hall–Kier alpha value is -1.15. The van der Waals surface area contributed by atoms with Gasteiger partial charge in [0.1, 0.15) is 5.82 Å². The Morgan fingerprint density at radius 3 is 2.65 bits per heavy atom. The molecule has 0 amide bonds. The highest BCUT2D eigenvalue weighted by Gasteiger charge is 2.16. The molecule has 0 bridgehead atoms. The van der Waals surface area contributed by atoms with E-state index < -0.39 is 0 Å². The molecule has 0 saturated heterocycles. The van der Waals surface area contributed by atoms with Crippen LogP contribution in [0.3, 0.4) is 0 Å². The zero-order valence-electron chi connectivity index (χ0n) is 10.4. The third-order valence-corrected chi connectivity index (χ3v) is 3.33. The number of allylic oxidation sites excluding steroid dienone is 1. The van der Waals surface area contributed by atoms with Crippen LogP contribution in [-0.2, 0) is 6.42 Å². The fourth-order valence-corrected chi connectivity index (χ4v) is 2.45. The van der Waals surface area contributed by atoms with Gasteiger partial charge in [-0.2, -0.15) is 0 Å². The van der Waals surface area contributed by atoms with E-state index in [1.165, 1.54) is 30.4 Å². The van der Waals surface area contributed by atoms with Crippen LogP contribution in [0.1, 0.15) is 31.7 Å². The quantitative estimate of drug-likeness (QED) is 0.768. The molecular formula is C15H20FN. The summed E-state index contributed by atoms with van der Waals surface area (Å²) in [6, 6.07) is 7.28. The Bertz CT molecular complexity index is 380. The monoisotopic (exact) mass is 233 g/mol. The zero-order chi connectivity index (χ0) is 12.1. The van der Waals surface area contributed by atoms with Crippen molar-refractivity contribution in [1.82, 2.24) is 5.32 Å². The molecule has 0 aliphatic heterocycles. The first-order chi connectivity index (χ1) is 8.29. The number of hydrogen-bond donors (Lipinski definition) is 1. The van der Waals surface area contributed by atoms with Crippen LogP contribution < -0.4 is 5.32 Å². The van der Waals surface area contributed by atoms with Gasteiger partial charge in [0, 0.05) is 6.04 Å². The van der Waals surface area contributed by atoms with Gasteiger partial charge < -0.3 is 5.32 Å². The van der Waals surface area contributed by atoms with E-state index in [2.05, 4.69) is 18.3 Å². The molecule has 1 aromatic rings. The van der Waals surface area contributed by atoms with Gasteiger partial charge in [0.2, 0.25) is 0 Å². The van der Waals surface area contributed by atoms with Gasteiger partial charge in [-0.3, -0.25) is 0 Å². The maximum Gasteiger partial charge on any atom is 0.123 e. The standard InChI is InChI=1S/C15H20FN/c1-2-17-15(13-5-3-4-6-13)11-12-7-9-14(16)10-8-12/h5,7-10,15,17H,2-4,6,11H2,1H3. The predicted molar refractivity (Wildman–Crippen MR) is 69.5 cm³/mol. The van der Waals surface area contributed by atoms with Crippen molar-refractivity contribution in [2.75, 3.05) is 6.54 Å². The van der Waals surface area contributed by atoms with Gasteiger partial charge in [0.15, 0.2) is 0 Å². The first kappa shape index (κ1) is 12.3. The first-order valence-electron chi connectivity index (χ1n) is 6.46. The third kappa shape index (κ3) is 3.40. The van der Waals surface area contributed by atoms with Gasteiger partial charge in [-0.1, -0.05) is 30.7 Å². The second kappa shape index (κ2) is 5.97. The molecule has 1 aliphatic carbocycles. The summed E-state index contributed by atoms with van der Waals surface area (Å²) in [7, 11) is 0. The van der Waals surface area contributed by atoms with E-state index in [0.717, 1.165) is 13.0 Å². The predicted octanol–water partition coefficient (Wildman–Crippen LogP) is 3.46. The van der Waals surface area contributed by atoms with Gasteiger partial charge in [0.05, 0.1) is 0 Å². The molecule has 92 valence electrons. The highest BCUT2D eigenvalue weighted by molar-refractivity contribution is 5.23. The van der Waals surface area contributed by atoms with Crippen LogP contribution in [0.5, 0.6) is 0 Å². The summed E-state index contributed by atoms with van der Waals surface area (Å²) in [5, 5.41) is 3.53. The molecule has 0 fully saturated rings. The van der Waals surface area contributed by atoms with Crippen molar-refractivity contribution in [3.05, 3.63) is 47.3 Å². The lowest BCUT2D eigenvalue weighted by atomic mass is 9.98. The van der Waals surface area contributed by atoms with Crippen molar-refractivity contribution >= 4 is 0 Å². The van der Waals surface area contributed by atoms with Crippen LogP contribution in [0.2, 0.25) is 0 Å². The number of rotatable bonds is 5. The average molecular weight is 233 g/mol. The summed E-state index contributed by atoms with van der Waals surface area (Å²) < 4.78 is 12.8. The van der Waals surface area contributed by atoms with Crippen molar-refractivity contribution in [2.24, 2.45) is 0 Å². The van der Waals surface area contributed by atoms with Gasteiger partial charge in [-0.25, -0.2) is 4.39 Å². The Morgan fingerprint density at radius 2 is 2.06 bits per heavy atom. The Labute approximate surface area is 103 Å². The molecule has 2 heteroatoms. The lowest BCUT2D eigenvalue weighted by Gasteiger charge is -2.19. The first-order valence-corrected chi connectivity index (χ1v) is 6.46. The highest BCUT2D eigenvalue weighted by atomic mass is 19.1. The van der Waals surface area contributed by atoms with Crippen molar-refractivity contribution < 1.29 is 4.39 Å². The molecule has 0 heterocycles. The molecule has 0 saturated carbocycles. The van der Waals surface area contributed by atoms with Crippen LogP contribution >= 0.6 is 0 Å². The van der Waals surface area contributed by atoms with Gasteiger partial charge >= 0.3 is 0 Å². The van der Waals surface area contributed by atoms with Gasteiger partial charge in [-0.05, 0) is 49.9 Å². The molecule has 2 rings (SSSR count). The van der Waals surface area contributed by atoms with Crippen molar-refractivity contribution in [3.63, 3.8) is 0 Å². The third-order valence-electron chi connectivity index (χ3n) is 3.33. The molecule has 0 radical (unpaired) electrons. The van der Waals surface area contributed by atoms with Gasteiger partial charge in [-0.15, -0.1) is 0 Å². The summed E-state index contributed by atoms with van der Waals surface area (Å²) in [5.74, 6) is -0.158. The van der Waals surface area contributed by atoms with Crippen molar-refractivity contribution in [3.8, 4) is 0 Å². The SMILES string of the molecule is CCNC(Cc1ccc(F)cc1)C1=CCCC1. The molecule has 1 aliphatic rings.